The van der Waals surface area contributed by atoms with Gasteiger partial charge in [-0.1, -0.05) is 32.0 Å². The number of hydroxylamine groups is 2. The lowest BCUT2D eigenvalue weighted by Crippen LogP contribution is -2.56. The molecule has 1 amide bonds. The van der Waals surface area contributed by atoms with Gasteiger partial charge < -0.3 is 15.0 Å². The lowest BCUT2D eigenvalue weighted by Gasteiger charge is -2.54. The lowest BCUT2D eigenvalue weighted by molar-refractivity contribution is -0.137. The van der Waals surface area contributed by atoms with E-state index in [0.717, 1.165) is 17.7 Å². The number of carbonyl (C=O) groups excluding carboxylic acids is 2. The Labute approximate surface area is 159 Å². The van der Waals surface area contributed by atoms with E-state index < -0.39 is 11.4 Å². The Bertz CT molecular complexity index is 863. The third-order valence-corrected chi connectivity index (χ3v) is 6.83. The van der Waals surface area contributed by atoms with Crippen molar-refractivity contribution in [1.29, 1.82) is 0 Å². The van der Waals surface area contributed by atoms with Gasteiger partial charge in [-0.25, -0.2) is 4.79 Å². The fourth-order valence-corrected chi connectivity index (χ4v) is 5.69. The minimum Gasteiger partial charge on any atom is -0.785 e. The number of rotatable bonds is 2. The summed E-state index contributed by atoms with van der Waals surface area (Å²) in [6.07, 6.45) is 1.77. The predicted molar refractivity (Wildman–Crippen MR) is 102 cm³/mol. The minimum absolute atomic E-state index is 0.154. The van der Waals surface area contributed by atoms with Gasteiger partial charge in [0.25, 0.3) is 0 Å². The number of amides is 1. The first-order valence-corrected chi connectivity index (χ1v) is 9.47. The SMILES string of the molecule is CCC1(C)CC(C(=O)OC)=C2N(C(C)=O)c3ccccc3C23CCN([O-])C13. The number of nitrogens with zero attached hydrogens (tertiary/aromatic N) is 2. The molecule has 6 heteroatoms. The third-order valence-electron chi connectivity index (χ3n) is 6.83. The zero-order valence-corrected chi connectivity index (χ0v) is 16.2. The molecule has 2 heterocycles. The second-order valence-electron chi connectivity index (χ2n) is 8.14. The van der Waals surface area contributed by atoms with Crippen LogP contribution in [0.25, 0.3) is 0 Å². The van der Waals surface area contributed by atoms with Crippen molar-refractivity contribution in [3.63, 3.8) is 0 Å². The Morgan fingerprint density at radius 3 is 2.67 bits per heavy atom. The van der Waals surface area contributed by atoms with Crippen LogP contribution < -0.4 is 4.90 Å². The number of methoxy groups -OCH3 is 1. The molecule has 1 aromatic rings. The number of fused-ring (bicyclic) bond motifs is 1. The number of para-hydroxylation sites is 1. The van der Waals surface area contributed by atoms with Gasteiger partial charge in [-0.05, 0) is 42.9 Å². The number of hydrogen-bond acceptors (Lipinski definition) is 5. The van der Waals surface area contributed by atoms with Crippen LogP contribution in [0.5, 0.6) is 0 Å². The zero-order valence-electron chi connectivity index (χ0n) is 16.2. The van der Waals surface area contributed by atoms with Gasteiger partial charge >= 0.3 is 5.97 Å². The molecule has 3 aliphatic rings. The van der Waals surface area contributed by atoms with Gasteiger partial charge in [0.1, 0.15) is 0 Å². The molecule has 0 aromatic heterocycles. The van der Waals surface area contributed by atoms with Crippen molar-refractivity contribution in [1.82, 2.24) is 5.06 Å². The van der Waals surface area contributed by atoms with Gasteiger partial charge in [0.15, 0.2) is 0 Å². The highest BCUT2D eigenvalue weighted by atomic mass is 16.5. The molecule has 27 heavy (non-hydrogen) atoms. The van der Waals surface area contributed by atoms with Crippen LogP contribution in [0.3, 0.4) is 0 Å². The summed E-state index contributed by atoms with van der Waals surface area (Å²) in [5.74, 6) is -0.565. The van der Waals surface area contributed by atoms with Crippen molar-refractivity contribution in [2.24, 2.45) is 5.41 Å². The molecule has 1 spiro atoms. The fourth-order valence-electron chi connectivity index (χ4n) is 5.69. The smallest absolute Gasteiger partial charge is 0.335 e. The molecule has 144 valence electrons. The van der Waals surface area contributed by atoms with Crippen molar-refractivity contribution in [2.45, 2.75) is 51.5 Å². The molecule has 0 saturated carbocycles. The monoisotopic (exact) mass is 369 g/mol. The van der Waals surface area contributed by atoms with E-state index in [-0.39, 0.29) is 17.4 Å². The van der Waals surface area contributed by atoms with Gasteiger partial charge in [0, 0.05) is 18.7 Å². The first kappa shape index (κ1) is 18.2. The van der Waals surface area contributed by atoms with Crippen LogP contribution >= 0.6 is 0 Å². The Hall–Kier alpha value is -2.18. The van der Waals surface area contributed by atoms with Gasteiger partial charge in [-0.15, -0.1) is 0 Å². The second-order valence-corrected chi connectivity index (χ2v) is 8.14. The van der Waals surface area contributed by atoms with E-state index in [1.165, 1.54) is 19.1 Å². The van der Waals surface area contributed by atoms with Crippen molar-refractivity contribution in [2.75, 3.05) is 18.6 Å². The van der Waals surface area contributed by atoms with Crippen LogP contribution in [0.1, 0.15) is 45.6 Å². The Morgan fingerprint density at radius 2 is 2.04 bits per heavy atom. The summed E-state index contributed by atoms with van der Waals surface area (Å²) in [4.78, 5) is 27.1. The quantitative estimate of drug-likeness (QED) is 0.749. The van der Waals surface area contributed by atoms with E-state index in [4.69, 9.17) is 4.74 Å². The van der Waals surface area contributed by atoms with Crippen LogP contribution in [-0.2, 0) is 19.7 Å². The summed E-state index contributed by atoms with van der Waals surface area (Å²) in [6.45, 7) is 6.03. The summed E-state index contributed by atoms with van der Waals surface area (Å²) in [7, 11) is 1.37. The number of benzene rings is 1. The molecule has 1 fully saturated rings. The summed E-state index contributed by atoms with van der Waals surface area (Å²) in [5.41, 5.74) is 1.90. The summed E-state index contributed by atoms with van der Waals surface area (Å²) >= 11 is 0. The molecule has 0 N–H and O–H groups in total. The molecule has 3 unspecified atom stereocenters. The van der Waals surface area contributed by atoms with Crippen molar-refractivity contribution in [3.05, 3.63) is 46.3 Å². The highest BCUT2D eigenvalue weighted by molar-refractivity contribution is 6.03. The fraction of sp³-hybridized carbons (Fsp3) is 0.524. The number of esters is 1. The number of carbonyl (C=O) groups is 2. The van der Waals surface area contributed by atoms with E-state index in [1.54, 1.807) is 4.90 Å². The molecule has 4 rings (SSSR count). The van der Waals surface area contributed by atoms with E-state index in [0.29, 0.717) is 30.7 Å². The third kappa shape index (κ3) is 2.14. The maximum absolute atomic E-state index is 13.0. The van der Waals surface area contributed by atoms with Gasteiger partial charge in [-0.2, -0.15) is 0 Å². The molecule has 0 radical (unpaired) electrons. The van der Waals surface area contributed by atoms with Gasteiger partial charge in [0.05, 0.1) is 23.8 Å². The number of anilines is 1. The largest absolute Gasteiger partial charge is 0.785 e. The molecule has 1 aliphatic carbocycles. The zero-order chi connectivity index (χ0) is 19.6. The highest BCUT2D eigenvalue weighted by Gasteiger charge is 2.64. The molecule has 3 atom stereocenters. The van der Waals surface area contributed by atoms with E-state index in [9.17, 15) is 14.8 Å². The molecule has 0 bridgehead atoms. The molecular formula is C21H25N2O4-. The molecular weight excluding hydrogens is 344 g/mol. The van der Waals surface area contributed by atoms with Gasteiger partial charge in [0.2, 0.25) is 5.91 Å². The molecule has 1 saturated heterocycles. The highest BCUT2D eigenvalue weighted by Crippen LogP contribution is 2.64. The lowest BCUT2D eigenvalue weighted by atomic mass is 9.56. The van der Waals surface area contributed by atoms with Crippen molar-refractivity contribution < 1.29 is 14.3 Å². The maximum atomic E-state index is 13.0. The van der Waals surface area contributed by atoms with Gasteiger partial charge in [-0.3, -0.25) is 9.69 Å². The Balaban J connectivity index is 2.12. The van der Waals surface area contributed by atoms with E-state index >= 15 is 0 Å². The first-order chi connectivity index (χ1) is 12.8. The van der Waals surface area contributed by atoms with Crippen LogP contribution in [0.4, 0.5) is 5.69 Å². The number of ether oxygens (including phenoxy) is 1. The first-order valence-electron chi connectivity index (χ1n) is 9.47. The van der Waals surface area contributed by atoms with Crippen LogP contribution in [0.2, 0.25) is 0 Å². The van der Waals surface area contributed by atoms with Crippen LogP contribution in [0, 0.1) is 10.6 Å². The Morgan fingerprint density at radius 1 is 1.33 bits per heavy atom. The van der Waals surface area contributed by atoms with Crippen LogP contribution in [-0.4, -0.2) is 36.6 Å². The minimum atomic E-state index is -0.656. The van der Waals surface area contributed by atoms with E-state index in [1.807, 2.05) is 24.3 Å². The predicted octanol–water partition coefficient (Wildman–Crippen LogP) is 3.11. The topological polar surface area (TPSA) is 72.9 Å². The standard InChI is InChI=1S/C21H25N2O4/c1-5-20(3)12-14(18(25)27-4)17-21(10-11-22(26)19(20)21)15-8-6-7-9-16(15)23(17)13(2)24/h6-9,19H,5,10-12H2,1-4H3/q-1. The van der Waals surface area contributed by atoms with E-state index in [2.05, 4.69) is 13.8 Å². The number of hydrogen-bond donors (Lipinski definition) is 0. The second kappa shape index (κ2) is 5.91. The van der Waals surface area contributed by atoms with Crippen molar-refractivity contribution >= 4 is 17.6 Å². The molecule has 2 aliphatic heterocycles. The van der Waals surface area contributed by atoms with Crippen molar-refractivity contribution in [3.8, 4) is 0 Å². The summed E-state index contributed by atoms with van der Waals surface area (Å²) in [6, 6.07) is 7.41. The summed E-state index contributed by atoms with van der Waals surface area (Å²) < 4.78 is 5.11. The Kier molecular flexibility index (Phi) is 3.98. The normalized spacial score (nSPS) is 32.2. The van der Waals surface area contributed by atoms with Crippen LogP contribution in [0.15, 0.2) is 35.5 Å². The maximum Gasteiger partial charge on any atom is 0.335 e. The summed E-state index contributed by atoms with van der Waals surface area (Å²) in [5, 5.41) is 14.2. The molecule has 1 aromatic carbocycles. The molecule has 6 nitrogen and oxygen atoms in total. The average Bonchev–Trinajstić information content (AvgIpc) is 3.16. The average molecular weight is 369 g/mol.